The van der Waals surface area contributed by atoms with E-state index in [0.717, 1.165) is 35.6 Å². The molecule has 15 nitrogen and oxygen atoms in total. The highest BCUT2D eigenvalue weighted by Crippen LogP contribution is 2.30. The van der Waals surface area contributed by atoms with Gasteiger partial charge in [-0.1, -0.05) is 29.5 Å². The molecule has 2 heterocycles. The number of nitrogens with zero attached hydrogens (tertiary/aromatic N) is 4. The number of hydrogen-bond acceptors (Lipinski definition) is 12. The molecule has 0 aliphatic rings. The molecular weight excluding hydrogens is 765 g/mol. The number of carboxylic acid groups (broad SMARTS) is 1. The van der Waals surface area contributed by atoms with Gasteiger partial charge < -0.3 is 30.1 Å². The Morgan fingerprint density at radius 1 is 0.944 bits per heavy atom. The summed E-state index contributed by atoms with van der Waals surface area (Å²) in [5, 5.41) is 44.8. The van der Waals surface area contributed by atoms with E-state index in [1.807, 2.05) is 0 Å². The highest BCUT2D eigenvalue weighted by Gasteiger charge is 2.31. The molecule has 3 aromatic carbocycles. The molecule has 0 saturated carbocycles. The fourth-order valence-corrected chi connectivity index (χ4v) is 6.60. The Labute approximate surface area is 308 Å². The maximum Gasteiger partial charge on any atom is 0.416 e. The third-order valence-electron chi connectivity index (χ3n) is 7.86. The van der Waals surface area contributed by atoms with E-state index in [4.69, 9.17) is 14.6 Å². The summed E-state index contributed by atoms with van der Waals surface area (Å²) < 4.78 is 87.8. The van der Waals surface area contributed by atoms with E-state index in [9.17, 15) is 50.9 Å². The average Bonchev–Trinajstić information content (AvgIpc) is 3.79. The molecule has 5 aromatic rings. The van der Waals surface area contributed by atoms with Crippen LogP contribution in [0.15, 0.2) is 77.3 Å². The molecule has 288 valence electrons. The molecule has 4 atom stereocenters. The topological polar surface area (TPSA) is 229 Å². The smallest absolute Gasteiger partial charge is 0.416 e. The van der Waals surface area contributed by atoms with Gasteiger partial charge in [-0.3, -0.25) is 4.79 Å². The Kier molecular flexibility index (Phi) is 12.5. The van der Waals surface area contributed by atoms with Gasteiger partial charge in [0.2, 0.25) is 10.2 Å². The summed E-state index contributed by atoms with van der Waals surface area (Å²) in [5.41, 5.74) is 0.414. The molecule has 5 rings (SSSR count). The number of aliphatic carboxylic acids is 1. The molecule has 0 bridgehead atoms. The number of aliphatic hydroxyl groups is 2. The molecule has 6 N–H and O–H groups in total. The Balaban J connectivity index is 1.33. The maximum absolute atomic E-state index is 13.8. The highest BCUT2D eigenvalue weighted by atomic mass is 32.2. The minimum atomic E-state index is -4.59. The van der Waals surface area contributed by atoms with Crippen molar-refractivity contribution in [1.29, 1.82) is 0 Å². The second kappa shape index (κ2) is 16.8. The summed E-state index contributed by atoms with van der Waals surface area (Å²) in [6.45, 7) is -1.72. The first-order chi connectivity index (χ1) is 25.5. The lowest BCUT2D eigenvalue weighted by Gasteiger charge is -2.21. The number of benzene rings is 3. The van der Waals surface area contributed by atoms with Gasteiger partial charge in [0, 0.05) is 18.9 Å². The van der Waals surface area contributed by atoms with Crippen LogP contribution in [0.2, 0.25) is 0 Å². The normalized spacial score (nSPS) is 14.3. The summed E-state index contributed by atoms with van der Waals surface area (Å²) in [6.07, 6.45) is -6.70. The van der Waals surface area contributed by atoms with Crippen molar-refractivity contribution in [3.63, 3.8) is 0 Å². The molecule has 21 heteroatoms. The number of carbonyl (C=O) groups excluding carboxylic acids is 1. The first-order valence-electron chi connectivity index (χ1n) is 15.8. The van der Waals surface area contributed by atoms with Crippen LogP contribution in [0.5, 0.6) is 11.5 Å². The van der Waals surface area contributed by atoms with E-state index in [1.165, 1.54) is 29.1 Å². The van der Waals surface area contributed by atoms with E-state index in [1.54, 1.807) is 24.3 Å². The molecule has 0 aliphatic carbocycles. The monoisotopic (exact) mass is 796 g/mol. The number of alkyl halides is 4. The molecule has 0 saturated heterocycles. The van der Waals surface area contributed by atoms with Crippen molar-refractivity contribution >= 4 is 43.5 Å². The third kappa shape index (κ3) is 10.5. The number of halogens is 4. The zero-order valence-corrected chi connectivity index (χ0v) is 29.4. The van der Waals surface area contributed by atoms with Crippen LogP contribution in [0.3, 0.4) is 0 Å². The second-order valence-corrected chi connectivity index (χ2v) is 14.7. The number of hydrogen-bond donors (Lipinski definition) is 5. The number of nitrogens with one attached hydrogen (secondary N) is 1. The Hall–Kier alpha value is -5.22. The maximum atomic E-state index is 13.8. The van der Waals surface area contributed by atoms with Crippen LogP contribution >= 0.6 is 11.3 Å². The van der Waals surface area contributed by atoms with Gasteiger partial charge in [0.1, 0.15) is 61.4 Å². The molecule has 2 aromatic heterocycles. The van der Waals surface area contributed by atoms with Crippen LogP contribution in [0.1, 0.15) is 28.4 Å². The van der Waals surface area contributed by atoms with Crippen molar-refractivity contribution in [1.82, 2.24) is 25.3 Å². The molecule has 2 unspecified atom stereocenters. The summed E-state index contributed by atoms with van der Waals surface area (Å²) >= 11 is 0.891. The first kappa shape index (κ1) is 40.0. The summed E-state index contributed by atoms with van der Waals surface area (Å²) in [6, 6.07) is 11.9. The molecule has 1 amide bonds. The van der Waals surface area contributed by atoms with Crippen LogP contribution in [-0.4, -0.2) is 87.1 Å². The summed E-state index contributed by atoms with van der Waals surface area (Å²) in [5.74, 6) is -1.69. The number of carbonyl (C=O) groups is 2. The lowest BCUT2D eigenvalue weighted by Crippen LogP contribution is -2.46. The third-order valence-corrected chi connectivity index (χ3v) is 10.2. The van der Waals surface area contributed by atoms with Gasteiger partial charge in [0.25, 0.3) is 10.0 Å². The number of primary sulfonamides is 1. The van der Waals surface area contributed by atoms with Gasteiger partial charge in [0.05, 0.1) is 22.0 Å². The van der Waals surface area contributed by atoms with Crippen molar-refractivity contribution in [2.24, 2.45) is 5.14 Å². The Bertz CT molecular complexity index is 2180. The van der Waals surface area contributed by atoms with E-state index in [0.29, 0.717) is 21.5 Å². The van der Waals surface area contributed by atoms with Crippen molar-refractivity contribution in [2.75, 3.05) is 13.3 Å². The minimum Gasteiger partial charge on any atom is -0.491 e. The number of amides is 1. The predicted octanol–water partition coefficient (Wildman–Crippen LogP) is 2.80. The standard InChI is InChI=1S/C33H32F4N6O9S2/c34-14-27(44)28(45)17-52-22-7-3-19(4-8-22)12-26(30(46)39-25(31(47)48)11-18-1-5-20(6-2-18)33(35,36)37)43-15-21(41-42-43)16-51-23-9-10-29-24(13-23)40-32(53-29)54(38,49)50/h1-10,13,15,25-28,44-45H,11-12,14,16-17H2,(H,39,46)(H,47,48)(H2,38,49,50)/t25?,26?,27-,28-/m0/s1. The van der Waals surface area contributed by atoms with Crippen molar-refractivity contribution in [3.8, 4) is 11.5 Å². The lowest BCUT2D eigenvalue weighted by atomic mass is 10.0. The largest absolute Gasteiger partial charge is 0.491 e. The van der Waals surface area contributed by atoms with E-state index in [-0.39, 0.29) is 40.8 Å². The lowest BCUT2D eigenvalue weighted by molar-refractivity contribution is -0.142. The second-order valence-electron chi connectivity index (χ2n) is 11.9. The van der Waals surface area contributed by atoms with Crippen molar-refractivity contribution < 1.29 is 60.4 Å². The minimum absolute atomic E-state index is 0.0710. The zero-order chi connectivity index (χ0) is 39.2. The Morgan fingerprint density at radius 3 is 2.22 bits per heavy atom. The number of carboxylic acids is 1. The van der Waals surface area contributed by atoms with Gasteiger partial charge >= 0.3 is 12.1 Å². The van der Waals surface area contributed by atoms with Crippen LogP contribution in [0, 0.1) is 0 Å². The molecule has 0 aliphatic heterocycles. The molecule has 0 spiro atoms. The summed E-state index contributed by atoms with van der Waals surface area (Å²) in [4.78, 5) is 30.0. The van der Waals surface area contributed by atoms with Crippen LogP contribution in [0.4, 0.5) is 17.6 Å². The van der Waals surface area contributed by atoms with Crippen LogP contribution in [-0.2, 0) is 45.2 Å². The molecule has 0 fully saturated rings. The fourth-order valence-electron chi connectivity index (χ4n) is 4.97. The number of aliphatic hydroxyl groups excluding tert-OH is 2. The van der Waals surface area contributed by atoms with E-state index in [2.05, 4.69) is 20.6 Å². The van der Waals surface area contributed by atoms with Gasteiger partial charge in [-0.05, 0) is 47.5 Å². The molecular formula is C33H32F4N6O9S2. The number of ether oxygens (including phenoxy) is 2. The number of aromatic nitrogens is 4. The summed E-state index contributed by atoms with van der Waals surface area (Å²) in [7, 11) is -4.01. The SMILES string of the molecule is NS(=O)(=O)c1nc2cc(OCc3cn(C(Cc4ccc(OC[C@H](O)[C@@H](O)CF)cc4)C(=O)NC(Cc4ccc(C(F)(F)F)cc4)C(=O)O)nn3)ccc2s1. The van der Waals surface area contributed by atoms with Gasteiger partial charge in [-0.25, -0.2) is 32.4 Å². The fraction of sp³-hybridized carbons (Fsp3) is 0.303. The predicted molar refractivity (Wildman–Crippen MR) is 183 cm³/mol. The van der Waals surface area contributed by atoms with E-state index >= 15 is 0 Å². The first-order valence-corrected chi connectivity index (χ1v) is 18.2. The van der Waals surface area contributed by atoms with Crippen molar-refractivity contribution in [3.05, 3.63) is 95.3 Å². The average molecular weight is 797 g/mol. The number of rotatable bonds is 17. The highest BCUT2D eigenvalue weighted by molar-refractivity contribution is 7.91. The van der Waals surface area contributed by atoms with Crippen LogP contribution in [0.25, 0.3) is 10.2 Å². The van der Waals surface area contributed by atoms with Gasteiger partial charge in [-0.2, -0.15) is 13.2 Å². The number of nitrogens with two attached hydrogens (primary N) is 1. The number of sulfonamides is 1. The van der Waals surface area contributed by atoms with E-state index < -0.39 is 71.2 Å². The van der Waals surface area contributed by atoms with Gasteiger partial charge in [0.15, 0.2) is 0 Å². The number of thiazole rings is 1. The quantitative estimate of drug-likeness (QED) is 0.0856. The van der Waals surface area contributed by atoms with Gasteiger partial charge in [-0.15, -0.1) is 16.4 Å². The molecule has 0 radical (unpaired) electrons. The zero-order valence-electron chi connectivity index (χ0n) is 27.8. The van der Waals surface area contributed by atoms with Crippen LogP contribution < -0.4 is 19.9 Å². The Morgan fingerprint density at radius 2 is 1.59 bits per heavy atom. The molecule has 54 heavy (non-hydrogen) atoms. The number of fused-ring (bicyclic) bond motifs is 1. The van der Waals surface area contributed by atoms with Crippen molar-refractivity contribution in [2.45, 2.75) is 54.3 Å².